The fourth-order valence-electron chi connectivity index (χ4n) is 2.55. The molecule has 0 aliphatic carbocycles. The molecule has 1 saturated heterocycles. The largest absolute Gasteiger partial charge is 0.471 e. The lowest BCUT2D eigenvalue weighted by atomic mass is 10.2. The maximum Gasteiger partial charge on any atom is 0.254 e. The molecule has 0 spiro atoms. The van der Waals surface area contributed by atoms with E-state index in [0.29, 0.717) is 36.8 Å². The van der Waals surface area contributed by atoms with E-state index in [0.717, 1.165) is 0 Å². The van der Waals surface area contributed by atoms with Crippen LogP contribution in [0.4, 0.5) is 5.82 Å². The fraction of sp³-hybridized carbons (Fsp3) is 0.375. The van der Waals surface area contributed by atoms with E-state index in [2.05, 4.69) is 15.0 Å². The van der Waals surface area contributed by atoms with Crippen LogP contribution in [0.15, 0.2) is 35.5 Å². The zero-order valence-electron chi connectivity index (χ0n) is 13.6. The number of aromatic nitrogens is 3. The van der Waals surface area contributed by atoms with Crippen LogP contribution in [-0.4, -0.2) is 59.0 Å². The first-order chi connectivity index (χ1) is 11.5. The van der Waals surface area contributed by atoms with Crippen LogP contribution in [0.1, 0.15) is 16.8 Å². The molecule has 1 fully saturated rings. The Hall–Kier alpha value is -2.90. The minimum atomic E-state index is -0.288. The van der Waals surface area contributed by atoms with Crippen molar-refractivity contribution in [3.8, 4) is 5.88 Å². The number of hydrogen-bond donors (Lipinski definition) is 1. The van der Waals surface area contributed by atoms with Gasteiger partial charge in [0, 0.05) is 44.9 Å². The summed E-state index contributed by atoms with van der Waals surface area (Å²) in [5, 5.41) is 0. The smallest absolute Gasteiger partial charge is 0.254 e. The van der Waals surface area contributed by atoms with Crippen molar-refractivity contribution >= 4 is 11.7 Å². The van der Waals surface area contributed by atoms with E-state index < -0.39 is 0 Å². The molecule has 3 rings (SSSR count). The Labute approximate surface area is 139 Å². The van der Waals surface area contributed by atoms with Gasteiger partial charge in [-0.15, -0.1) is 0 Å². The summed E-state index contributed by atoms with van der Waals surface area (Å²) in [6.07, 6.45) is 5.27. The van der Waals surface area contributed by atoms with E-state index in [1.807, 2.05) is 19.0 Å². The van der Waals surface area contributed by atoms with Gasteiger partial charge in [-0.05, 0) is 6.07 Å². The van der Waals surface area contributed by atoms with E-state index in [1.165, 1.54) is 12.3 Å². The van der Waals surface area contributed by atoms with Crippen molar-refractivity contribution in [3.63, 3.8) is 0 Å². The zero-order valence-corrected chi connectivity index (χ0v) is 13.6. The average molecular weight is 329 g/mol. The molecule has 8 heteroatoms. The monoisotopic (exact) mass is 329 g/mol. The summed E-state index contributed by atoms with van der Waals surface area (Å²) < 4.78 is 5.84. The molecular weight excluding hydrogens is 310 g/mol. The number of amides is 1. The standard InChI is InChI=1S/C16H19N5O3/c1-20(2)13-8-17-9-15(19-13)24-12-4-6-21(10-12)16(23)11-3-5-18-14(22)7-11/h3,5,7-9,12H,4,6,10H2,1-2H3,(H,18,22). The number of carbonyl (C=O) groups is 1. The number of anilines is 1. The maximum atomic E-state index is 12.4. The molecule has 0 bridgehead atoms. The van der Waals surface area contributed by atoms with Crippen molar-refractivity contribution in [3.05, 3.63) is 46.6 Å². The predicted molar refractivity (Wildman–Crippen MR) is 88.4 cm³/mol. The number of aromatic amines is 1. The maximum absolute atomic E-state index is 12.4. The van der Waals surface area contributed by atoms with E-state index in [1.54, 1.807) is 23.4 Å². The molecule has 3 heterocycles. The van der Waals surface area contributed by atoms with Crippen molar-refractivity contribution in [2.75, 3.05) is 32.1 Å². The minimum absolute atomic E-state index is 0.136. The first kappa shape index (κ1) is 16.0. The zero-order chi connectivity index (χ0) is 17.1. The summed E-state index contributed by atoms with van der Waals surface area (Å²) in [4.78, 5) is 38.3. The number of hydrogen-bond acceptors (Lipinski definition) is 6. The normalized spacial score (nSPS) is 16.9. The number of H-pyrrole nitrogens is 1. The first-order valence-corrected chi connectivity index (χ1v) is 7.67. The molecule has 1 aliphatic heterocycles. The van der Waals surface area contributed by atoms with E-state index in [4.69, 9.17) is 4.74 Å². The van der Waals surface area contributed by atoms with Crippen LogP contribution in [0.5, 0.6) is 5.88 Å². The number of ether oxygens (including phenoxy) is 1. The van der Waals surface area contributed by atoms with Crippen LogP contribution in [-0.2, 0) is 0 Å². The Bertz CT molecular complexity index is 789. The molecular formula is C16H19N5O3. The molecule has 24 heavy (non-hydrogen) atoms. The van der Waals surface area contributed by atoms with Crippen LogP contribution >= 0.6 is 0 Å². The summed E-state index contributed by atoms with van der Waals surface area (Å²) in [6, 6.07) is 2.91. The van der Waals surface area contributed by atoms with Crippen LogP contribution in [0, 0.1) is 0 Å². The second-order valence-corrected chi connectivity index (χ2v) is 5.83. The average Bonchev–Trinajstić information content (AvgIpc) is 3.03. The lowest BCUT2D eigenvalue weighted by Crippen LogP contribution is -2.31. The second-order valence-electron chi connectivity index (χ2n) is 5.83. The number of likely N-dealkylation sites (tertiary alicyclic amines) is 1. The summed E-state index contributed by atoms with van der Waals surface area (Å²) in [5.41, 5.74) is 0.0948. The Morgan fingerprint density at radius 1 is 1.42 bits per heavy atom. The van der Waals surface area contributed by atoms with Gasteiger partial charge in [-0.3, -0.25) is 14.6 Å². The molecule has 0 radical (unpaired) electrons. The molecule has 1 unspecified atom stereocenters. The van der Waals surface area contributed by atoms with Crippen molar-refractivity contribution in [2.24, 2.45) is 0 Å². The lowest BCUT2D eigenvalue weighted by Gasteiger charge is -2.17. The molecule has 0 aromatic carbocycles. The number of pyridine rings is 1. The molecule has 1 aliphatic rings. The number of rotatable bonds is 4. The second kappa shape index (κ2) is 6.69. The topological polar surface area (TPSA) is 91.4 Å². The molecule has 2 aromatic rings. The van der Waals surface area contributed by atoms with Gasteiger partial charge in [0.2, 0.25) is 11.4 Å². The third kappa shape index (κ3) is 3.53. The molecule has 1 amide bonds. The van der Waals surface area contributed by atoms with Gasteiger partial charge in [-0.2, -0.15) is 4.98 Å². The first-order valence-electron chi connectivity index (χ1n) is 7.67. The highest BCUT2D eigenvalue weighted by atomic mass is 16.5. The van der Waals surface area contributed by atoms with Crippen molar-refractivity contribution in [1.29, 1.82) is 0 Å². The number of nitrogens with zero attached hydrogens (tertiary/aromatic N) is 4. The van der Waals surface area contributed by atoms with Gasteiger partial charge in [-0.25, -0.2) is 0 Å². The number of nitrogens with one attached hydrogen (secondary N) is 1. The Morgan fingerprint density at radius 2 is 2.25 bits per heavy atom. The van der Waals surface area contributed by atoms with Gasteiger partial charge >= 0.3 is 0 Å². The van der Waals surface area contributed by atoms with Gasteiger partial charge in [0.05, 0.1) is 18.9 Å². The van der Waals surface area contributed by atoms with Crippen molar-refractivity contribution < 1.29 is 9.53 Å². The quantitative estimate of drug-likeness (QED) is 0.879. The van der Waals surface area contributed by atoms with Crippen LogP contribution < -0.4 is 15.2 Å². The molecule has 1 N–H and O–H groups in total. The van der Waals surface area contributed by atoms with E-state index in [9.17, 15) is 9.59 Å². The van der Waals surface area contributed by atoms with E-state index >= 15 is 0 Å². The molecule has 0 saturated carbocycles. The fourth-order valence-corrected chi connectivity index (χ4v) is 2.55. The van der Waals surface area contributed by atoms with Crippen molar-refractivity contribution in [2.45, 2.75) is 12.5 Å². The highest BCUT2D eigenvalue weighted by Crippen LogP contribution is 2.19. The number of carbonyl (C=O) groups excluding carboxylic acids is 1. The van der Waals surface area contributed by atoms with Crippen LogP contribution in [0.2, 0.25) is 0 Å². The summed E-state index contributed by atoms with van der Waals surface area (Å²) >= 11 is 0. The van der Waals surface area contributed by atoms with Gasteiger partial charge in [-0.1, -0.05) is 0 Å². The van der Waals surface area contributed by atoms with Gasteiger partial charge < -0.3 is 19.5 Å². The highest BCUT2D eigenvalue weighted by molar-refractivity contribution is 5.94. The Balaban J connectivity index is 1.64. The SMILES string of the molecule is CN(C)c1cncc(OC2CCN(C(=O)c3cc[nH]c(=O)c3)C2)n1. The Morgan fingerprint density at radius 3 is 3.00 bits per heavy atom. The molecule has 2 aromatic heterocycles. The third-order valence-corrected chi connectivity index (χ3v) is 3.80. The van der Waals surface area contributed by atoms with Crippen LogP contribution in [0.25, 0.3) is 0 Å². The molecule has 8 nitrogen and oxygen atoms in total. The van der Waals surface area contributed by atoms with Gasteiger partial charge in [0.1, 0.15) is 6.10 Å². The molecule has 1 atom stereocenters. The Kier molecular flexibility index (Phi) is 4.45. The predicted octanol–water partition coefficient (Wildman–Crippen LogP) is 0.524. The third-order valence-electron chi connectivity index (χ3n) is 3.80. The molecule has 126 valence electrons. The summed E-state index contributed by atoms with van der Waals surface area (Å²) in [5.74, 6) is 0.985. The van der Waals surface area contributed by atoms with Crippen molar-refractivity contribution in [1.82, 2.24) is 19.9 Å². The van der Waals surface area contributed by atoms with Gasteiger partial charge in [0.15, 0.2) is 5.82 Å². The summed E-state index contributed by atoms with van der Waals surface area (Å²) in [7, 11) is 3.76. The summed E-state index contributed by atoms with van der Waals surface area (Å²) in [6.45, 7) is 1.04. The van der Waals surface area contributed by atoms with Crippen LogP contribution in [0.3, 0.4) is 0 Å². The highest BCUT2D eigenvalue weighted by Gasteiger charge is 2.28. The van der Waals surface area contributed by atoms with Gasteiger partial charge in [0.25, 0.3) is 5.91 Å². The lowest BCUT2D eigenvalue weighted by molar-refractivity contribution is 0.0771. The van der Waals surface area contributed by atoms with E-state index in [-0.39, 0.29) is 17.6 Å². The minimum Gasteiger partial charge on any atom is -0.471 e.